The summed E-state index contributed by atoms with van der Waals surface area (Å²) in [7, 11) is -1.00. The fourth-order valence-corrected chi connectivity index (χ4v) is 5.11. The third-order valence-corrected chi connectivity index (χ3v) is 6.74. The molecular weight excluding hydrogens is 384 g/mol. The lowest BCUT2D eigenvalue weighted by Crippen LogP contribution is -2.63. The quantitative estimate of drug-likeness (QED) is 0.668. The van der Waals surface area contributed by atoms with E-state index in [0.717, 1.165) is 22.2 Å². The predicted octanol–water partition coefficient (Wildman–Crippen LogP) is 3.70. The van der Waals surface area contributed by atoms with Crippen LogP contribution in [0.4, 0.5) is 0 Å². The largest absolute Gasteiger partial charge is 0.346 e. The van der Waals surface area contributed by atoms with Crippen LogP contribution in [0.2, 0.25) is 0 Å². The molecule has 3 aromatic heterocycles. The SMILES string of the molecule is CC.CC(C)CS(=O)N1CC(CC#N)(n2cc(-c3ccnc4[nH]ccc34)cn2)C1. The van der Waals surface area contributed by atoms with Crippen LogP contribution in [0.25, 0.3) is 22.2 Å². The number of hydrogen-bond acceptors (Lipinski definition) is 4. The summed E-state index contributed by atoms with van der Waals surface area (Å²) in [6.07, 6.45) is 7.81. The number of nitrogens with one attached hydrogen (secondary N) is 1. The highest BCUT2D eigenvalue weighted by Crippen LogP contribution is 2.35. The lowest BCUT2D eigenvalue weighted by molar-refractivity contribution is 0.0762. The second kappa shape index (κ2) is 8.89. The smallest absolute Gasteiger partial charge is 0.137 e. The van der Waals surface area contributed by atoms with Crippen molar-refractivity contribution >= 4 is 22.0 Å². The number of rotatable bonds is 6. The minimum absolute atomic E-state index is 0.347. The zero-order valence-electron chi connectivity index (χ0n) is 17.4. The van der Waals surface area contributed by atoms with E-state index in [1.807, 2.05) is 53.6 Å². The molecule has 1 fully saturated rings. The maximum Gasteiger partial charge on any atom is 0.137 e. The van der Waals surface area contributed by atoms with E-state index in [1.165, 1.54) is 0 Å². The third-order valence-electron chi connectivity index (χ3n) is 4.95. The standard InChI is InChI=1S/C19H22N6OS.C2H6/c1-14(2)11-27(26)24-12-19(13-24,5-6-20)25-10-15(9-23-25)16-3-7-21-18-17(16)4-8-22-18;1-2/h3-4,7-10,14H,5,11-13H2,1-2H3,(H,21,22);1-2H3. The summed E-state index contributed by atoms with van der Waals surface area (Å²) >= 11 is 0. The predicted molar refractivity (Wildman–Crippen MR) is 116 cm³/mol. The normalized spacial score (nSPS) is 16.7. The summed E-state index contributed by atoms with van der Waals surface area (Å²) in [5, 5.41) is 14.9. The number of aromatic amines is 1. The van der Waals surface area contributed by atoms with Gasteiger partial charge in [0.25, 0.3) is 0 Å². The number of H-pyrrole nitrogens is 1. The number of nitriles is 1. The number of aromatic nitrogens is 4. The number of fused-ring (bicyclic) bond motifs is 1. The summed E-state index contributed by atoms with van der Waals surface area (Å²) in [6.45, 7) is 9.29. The van der Waals surface area contributed by atoms with Gasteiger partial charge in [0.15, 0.2) is 0 Å². The van der Waals surface area contributed by atoms with E-state index >= 15 is 0 Å². The van der Waals surface area contributed by atoms with Gasteiger partial charge in [-0.3, -0.25) is 4.68 Å². The van der Waals surface area contributed by atoms with E-state index in [2.05, 4.69) is 35.0 Å². The average molecular weight is 413 g/mol. The molecule has 29 heavy (non-hydrogen) atoms. The van der Waals surface area contributed by atoms with Crippen LogP contribution in [0.15, 0.2) is 36.9 Å². The van der Waals surface area contributed by atoms with Crippen molar-refractivity contribution in [2.24, 2.45) is 5.92 Å². The van der Waals surface area contributed by atoms with E-state index in [0.29, 0.717) is 31.2 Å². The van der Waals surface area contributed by atoms with Crippen molar-refractivity contribution in [3.63, 3.8) is 0 Å². The van der Waals surface area contributed by atoms with E-state index in [4.69, 9.17) is 0 Å². The van der Waals surface area contributed by atoms with Gasteiger partial charge in [0.2, 0.25) is 0 Å². The average Bonchev–Trinajstić information content (AvgIpc) is 3.34. The highest BCUT2D eigenvalue weighted by molar-refractivity contribution is 7.82. The van der Waals surface area contributed by atoms with Crippen molar-refractivity contribution in [2.75, 3.05) is 18.8 Å². The molecule has 0 aromatic carbocycles. The van der Waals surface area contributed by atoms with Crippen molar-refractivity contribution in [3.05, 3.63) is 36.9 Å². The zero-order valence-corrected chi connectivity index (χ0v) is 18.2. The van der Waals surface area contributed by atoms with E-state index in [-0.39, 0.29) is 0 Å². The van der Waals surface area contributed by atoms with Crippen molar-refractivity contribution in [1.82, 2.24) is 24.1 Å². The first-order valence-corrected chi connectivity index (χ1v) is 11.3. The first-order chi connectivity index (χ1) is 14.0. The molecular formula is C21H28N6OS. The zero-order chi connectivity index (χ0) is 21.0. The molecule has 7 nitrogen and oxygen atoms in total. The Morgan fingerprint density at radius 3 is 2.79 bits per heavy atom. The molecule has 1 aliphatic rings. The molecule has 8 heteroatoms. The second-order valence-corrected chi connectivity index (χ2v) is 9.00. The number of nitrogens with zero attached hydrogens (tertiary/aromatic N) is 5. The van der Waals surface area contributed by atoms with Crippen LogP contribution in [-0.4, -0.2) is 47.1 Å². The van der Waals surface area contributed by atoms with Crippen molar-refractivity contribution < 1.29 is 4.21 Å². The van der Waals surface area contributed by atoms with Crippen molar-refractivity contribution in [3.8, 4) is 17.2 Å². The summed E-state index contributed by atoms with van der Waals surface area (Å²) in [5.41, 5.74) is 2.47. The molecule has 4 heterocycles. The molecule has 0 amide bonds. The van der Waals surface area contributed by atoms with Crippen molar-refractivity contribution in [1.29, 1.82) is 5.26 Å². The molecule has 0 spiro atoms. The molecule has 0 saturated carbocycles. The Morgan fingerprint density at radius 1 is 1.34 bits per heavy atom. The Labute approximate surface area is 174 Å². The van der Waals surface area contributed by atoms with Gasteiger partial charge in [-0.15, -0.1) is 0 Å². The molecule has 0 bridgehead atoms. The topological polar surface area (TPSA) is 90.6 Å². The van der Waals surface area contributed by atoms with Gasteiger partial charge in [0.05, 0.1) is 29.7 Å². The highest BCUT2D eigenvalue weighted by atomic mass is 32.2. The van der Waals surface area contributed by atoms with Crippen LogP contribution in [0.1, 0.15) is 34.1 Å². The Hall–Kier alpha value is -2.50. The monoisotopic (exact) mass is 412 g/mol. The van der Waals surface area contributed by atoms with Gasteiger partial charge >= 0.3 is 0 Å². The third kappa shape index (κ3) is 4.11. The molecule has 1 aliphatic heterocycles. The van der Waals surface area contributed by atoms with E-state index in [9.17, 15) is 9.47 Å². The first kappa shape index (κ1) is 21.2. The van der Waals surface area contributed by atoms with E-state index < -0.39 is 16.5 Å². The molecule has 0 radical (unpaired) electrons. The lowest BCUT2D eigenvalue weighted by Gasteiger charge is -2.48. The molecule has 1 N–H and O–H groups in total. The molecule has 154 valence electrons. The molecule has 0 aliphatic carbocycles. The highest BCUT2D eigenvalue weighted by Gasteiger charge is 2.47. The maximum atomic E-state index is 12.4. The molecule has 4 rings (SSSR count). The number of hydrogen-bond donors (Lipinski definition) is 1. The van der Waals surface area contributed by atoms with Crippen LogP contribution in [0, 0.1) is 17.2 Å². The van der Waals surface area contributed by atoms with Crippen molar-refractivity contribution in [2.45, 2.75) is 39.7 Å². The minimum Gasteiger partial charge on any atom is -0.346 e. The Morgan fingerprint density at radius 2 is 2.10 bits per heavy atom. The van der Waals surface area contributed by atoms with Gasteiger partial charge in [-0.2, -0.15) is 10.4 Å². The van der Waals surface area contributed by atoms with Gasteiger partial charge in [-0.05, 0) is 23.6 Å². The van der Waals surface area contributed by atoms with Crippen LogP contribution in [0.3, 0.4) is 0 Å². The second-order valence-electron chi connectivity index (χ2n) is 7.51. The van der Waals surface area contributed by atoms with Gasteiger partial charge in [0, 0.05) is 48.4 Å². The van der Waals surface area contributed by atoms with Gasteiger partial charge < -0.3 is 4.98 Å². The van der Waals surface area contributed by atoms with Crippen LogP contribution in [-0.2, 0) is 16.5 Å². The summed E-state index contributed by atoms with van der Waals surface area (Å²) in [5.74, 6) is 1.03. The molecule has 1 unspecified atom stereocenters. The minimum atomic E-state index is -1.00. The van der Waals surface area contributed by atoms with Gasteiger partial charge in [-0.25, -0.2) is 13.5 Å². The molecule has 3 aromatic rings. The van der Waals surface area contributed by atoms with Crippen LogP contribution >= 0.6 is 0 Å². The van der Waals surface area contributed by atoms with Gasteiger partial charge in [-0.1, -0.05) is 27.7 Å². The Bertz CT molecular complexity index is 1030. The summed E-state index contributed by atoms with van der Waals surface area (Å²) in [4.78, 5) is 7.45. The first-order valence-electron chi connectivity index (χ1n) is 10.0. The van der Waals surface area contributed by atoms with Crippen LogP contribution in [0.5, 0.6) is 0 Å². The Balaban J connectivity index is 0.00000117. The summed E-state index contributed by atoms with van der Waals surface area (Å²) < 4.78 is 16.2. The fourth-order valence-electron chi connectivity index (χ4n) is 3.56. The van der Waals surface area contributed by atoms with Crippen LogP contribution < -0.4 is 0 Å². The molecule has 1 atom stereocenters. The summed E-state index contributed by atoms with van der Waals surface area (Å²) in [6, 6.07) is 6.25. The molecule has 1 saturated heterocycles. The van der Waals surface area contributed by atoms with E-state index in [1.54, 1.807) is 6.20 Å². The van der Waals surface area contributed by atoms with Gasteiger partial charge in [0.1, 0.15) is 11.2 Å². The fraction of sp³-hybridized carbons (Fsp3) is 0.476. The number of pyridine rings is 1. The Kier molecular flexibility index (Phi) is 6.50. The lowest BCUT2D eigenvalue weighted by atomic mass is 9.89. The maximum absolute atomic E-state index is 12.4.